The Kier molecular flexibility index (Phi) is 4.23. The van der Waals surface area contributed by atoms with E-state index in [2.05, 4.69) is 10.3 Å². The van der Waals surface area contributed by atoms with Crippen molar-refractivity contribution in [3.05, 3.63) is 42.4 Å². The Morgan fingerprint density at radius 1 is 1.25 bits per heavy atom. The van der Waals surface area contributed by atoms with Crippen molar-refractivity contribution in [3.63, 3.8) is 0 Å². The molecule has 2 rings (SSSR count). The summed E-state index contributed by atoms with van der Waals surface area (Å²) in [5, 5.41) is 2.83. The molecule has 1 N–H and O–H groups in total. The van der Waals surface area contributed by atoms with Gasteiger partial charge >= 0.3 is 0 Å². The lowest BCUT2D eigenvalue weighted by Crippen LogP contribution is -2.27. The highest BCUT2D eigenvalue weighted by Crippen LogP contribution is 2.20. The number of nitrogens with zero attached hydrogens (tertiary/aromatic N) is 1. The third-order valence-corrected chi connectivity index (χ3v) is 2.74. The lowest BCUT2D eigenvalue weighted by Gasteiger charge is -2.16. The number of nitrogens with one attached hydrogen (secondary N) is 1. The van der Waals surface area contributed by atoms with Crippen molar-refractivity contribution < 1.29 is 9.21 Å². The van der Waals surface area contributed by atoms with Crippen LogP contribution in [0.15, 0.2) is 40.9 Å². The number of hydrogen-bond acceptors (Lipinski definition) is 3. The Balaban J connectivity index is 1.92. The number of oxazole rings is 1. The molecule has 0 saturated carbocycles. The highest BCUT2D eigenvalue weighted by atomic mass is 16.4. The largest absolute Gasteiger partial charge is 0.439 e. The van der Waals surface area contributed by atoms with Crippen molar-refractivity contribution >= 4 is 5.91 Å². The molecule has 1 heterocycles. The Morgan fingerprint density at radius 2 is 1.95 bits per heavy atom. The zero-order chi connectivity index (χ0) is 14.6. The van der Waals surface area contributed by atoms with E-state index in [4.69, 9.17) is 4.42 Å². The molecule has 0 aliphatic heterocycles. The lowest BCUT2D eigenvalue weighted by atomic mass is 9.92. The molecular weight excluding hydrogens is 252 g/mol. The summed E-state index contributed by atoms with van der Waals surface area (Å²) >= 11 is 0. The van der Waals surface area contributed by atoms with Gasteiger partial charge in [0.2, 0.25) is 11.8 Å². The number of aromatic nitrogens is 1. The van der Waals surface area contributed by atoms with Gasteiger partial charge in [0.1, 0.15) is 0 Å². The molecule has 1 amide bonds. The molecule has 1 aromatic heterocycles. The van der Waals surface area contributed by atoms with Gasteiger partial charge in [-0.25, -0.2) is 4.98 Å². The third kappa shape index (κ3) is 4.23. The minimum absolute atomic E-state index is 0.0111. The van der Waals surface area contributed by atoms with Crippen molar-refractivity contribution in [2.75, 3.05) is 0 Å². The summed E-state index contributed by atoms with van der Waals surface area (Å²) in [4.78, 5) is 15.9. The molecule has 0 bridgehead atoms. The molecule has 0 unspecified atom stereocenters. The molecule has 0 aliphatic carbocycles. The minimum Gasteiger partial charge on any atom is -0.439 e. The average Bonchev–Trinajstić information content (AvgIpc) is 2.84. The Hall–Kier alpha value is -2.10. The first kappa shape index (κ1) is 14.3. The fourth-order valence-electron chi connectivity index (χ4n) is 1.85. The molecule has 0 radical (unpaired) electrons. The normalized spacial score (nSPS) is 11.3. The zero-order valence-corrected chi connectivity index (χ0v) is 12.1. The Morgan fingerprint density at radius 3 is 2.60 bits per heavy atom. The van der Waals surface area contributed by atoms with Gasteiger partial charge in [0.15, 0.2) is 5.76 Å². The molecule has 106 valence electrons. The van der Waals surface area contributed by atoms with E-state index >= 15 is 0 Å². The molecule has 0 spiro atoms. The van der Waals surface area contributed by atoms with Gasteiger partial charge in [-0.15, -0.1) is 0 Å². The number of carbonyl (C=O) groups excluding carboxylic acids is 1. The van der Waals surface area contributed by atoms with Crippen molar-refractivity contribution in [1.29, 1.82) is 0 Å². The van der Waals surface area contributed by atoms with Gasteiger partial charge in [-0.2, -0.15) is 0 Å². The second-order valence-electron chi connectivity index (χ2n) is 6.00. The number of rotatable bonds is 4. The SMILES string of the molecule is CC(C)(C)CC(=O)NCc1ncc(-c2ccccc2)o1. The number of carbonyl (C=O) groups is 1. The Bertz CT molecular complexity index is 568. The standard InChI is InChI=1S/C16H20N2O2/c1-16(2,3)9-14(19)17-11-15-18-10-13(20-15)12-7-5-4-6-8-12/h4-8,10H,9,11H2,1-3H3,(H,17,19). The van der Waals surface area contributed by atoms with Crippen molar-refractivity contribution in [2.24, 2.45) is 5.41 Å². The summed E-state index contributed by atoms with van der Waals surface area (Å²) in [6.45, 7) is 6.42. The topological polar surface area (TPSA) is 55.1 Å². The molecule has 2 aromatic rings. The van der Waals surface area contributed by atoms with Gasteiger partial charge in [-0.05, 0) is 5.41 Å². The summed E-state index contributed by atoms with van der Waals surface area (Å²) < 4.78 is 5.62. The molecule has 20 heavy (non-hydrogen) atoms. The first-order valence-corrected chi connectivity index (χ1v) is 6.71. The number of benzene rings is 1. The van der Waals surface area contributed by atoms with E-state index in [-0.39, 0.29) is 11.3 Å². The van der Waals surface area contributed by atoms with Gasteiger partial charge < -0.3 is 9.73 Å². The summed E-state index contributed by atoms with van der Waals surface area (Å²) in [6.07, 6.45) is 2.17. The molecule has 0 atom stereocenters. The fourth-order valence-corrected chi connectivity index (χ4v) is 1.85. The van der Waals surface area contributed by atoms with E-state index in [1.807, 2.05) is 51.1 Å². The van der Waals surface area contributed by atoms with Gasteiger partial charge in [-0.1, -0.05) is 51.1 Å². The Labute approximate surface area is 119 Å². The van der Waals surface area contributed by atoms with E-state index < -0.39 is 0 Å². The van der Waals surface area contributed by atoms with E-state index in [0.29, 0.717) is 24.6 Å². The predicted molar refractivity (Wildman–Crippen MR) is 77.9 cm³/mol. The van der Waals surface area contributed by atoms with E-state index in [1.54, 1.807) is 6.20 Å². The summed E-state index contributed by atoms with van der Waals surface area (Å²) in [5.41, 5.74) is 0.961. The molecular formula is C16H20N2O2. The molecule has 4 heteroatoms. The van der Waals surface area contributed by atoms with E-state index in [1.165, 1.54) is 0 Å². The van der Waals surface area contributed by atoms with E-state index in [9.17, 15) is 4.79 Å². The fraction of sp³-hybridized carbons (Fsp3) is 0.375. The van der Waals surface area contributed by atoms with Crippen LogP contribution in [-0.2, 0) is 11.3 Å². The van der Waals surface area contributed by atoms with Crippen molar-refractivity contribution in [1.82, 2.24) is 10.3 Å². The molecule has 0 aliphatic rings. The van der Waals surface area contributed by atoms with E-state index in [0.717, 1.165) is 5.56 Å². The van der Waals surface area contributed by atoms with Crippen molar-refractivity contribution in [2.45, 2.75) is 33.7 Å². The molecule has 0 fully saturated rings. The summed E-state index contributed by atoms with van der Waals surface area (Å²) in [6, 6.07) is 9.77. The van der Waals surface area contributed by atoms with Gasteiger partial charge in [-0.3, -0.25) is 4.79 Å². The highest BCUT2D eigenvalue weighted by molar-refractivity contribution is 5.76. The first-order chi connectivity index (χ1) is 9.44. The summed E-state index contributed by atoms with van der Waals surface area (Å²) in [7, 11) is 0. The first-order valence-electron chi connectivity index (χ1n) is 6.71. The van der Waals surface area contributed by atoms with Gasteiger partial charge in [0, 0.05) is 12.0 Å². The van der Waals surface area contributed by atoms with Gasteiger partial charge in [0.05, 0.1) is 12.7 Å². The third-order valence-electron chi connectivity index (χ3n) is 2.74. The number of hydrogen-bond donors (Lipinski definition) is 1. The van der Waals surface area contributed by atoms with Crippen LogP contribution >= 0.6 is 0 Å². The van der Waals surface area contributed by atoms with Crippen LogP contribution in [-0.4, -0.2) is 10.9 Å². The monoisotopic (exact) mass is 272 g/mol. The second kappa shape index (κ2) is 5.90. The van der Waals surface area contributed by atoms with Crippen LogP contribution < -0.4 is 5.32 Å². The number of amides is 1. The van der Waals surface area contributed by atoms with Crippen LogP contribution in [0, 0.1) is 5.41 Å². The van der Waals surface area contributed by atoms with Crippen LogP contribution in [0.4, 0.5) is 0 Å². The van der Waals surface area contributed by atoms with Gasteiger partial charge in [0.25, 0.3) is 0 Å². The maximum atomic E-state index is 11.7. The molecule has 4 nitrogen and oxygen atoms in total. The van der Waals surface area contributed by atoms with Crippen molar-refractivity contribution in [3.8, 4) is 11.3 Å². The summed E-state index contributed by atoms with van der Waals surface area (Å²) in [5.74, 6) is 1.24. The quantitative estimate of drug-likeness (QED) is 0.928. The highest BCUT2D eigenvalue weighted by Gasteiger charge is 2.16. The second-order valence-corrected chi connectivity index (χ2v) is 6.00. The maximum absolute atomic E-state index is 11.7. The van der Waals surface area contributed by atoms with Crippen LogP contribution in [0.25, 0.3) is 11.3 Å². The van der Waals surface area contributed by atoms with Crippen LogP contribution in [0.1, 0.15) is 33.1 Å². The average molecular weight is 272 g/mol. The predicted octanol–water partition coefficient (Wildman–Crippen LogP) is 3.39. The smallest absolute Gasteiger partial charge is 0.220 e. The zero-order valence-electron chi connectivity index (χ0n) is 12.1. The lowest BCUT2D eigenvalue weighted by molar-refractivity contribution is -0.123. The minimum atomic E-state index is -0.0180. The molecule has 0 saturated heterocycles. The molecule has 1 aromatic carbocycles. The van der Waals surface area contributed by atoms with Crippen LogP contribution in [0.3, 0.4) is 0 Å². The van der Waals surface area contributed by atoms with Crippen LogP contribution in [0.5, 0.6) is 0 Å². The maximum Gasteiger partial charge on any atom is 0.220 e. The van der Waals surface area contributed by atoms with Crippen LogP contribution in [0.2, 0.25) is 0 Å².